The molecule has 2 nitrogen and oxygen atoms in total. The maximum absolute atomic E-state index is 9.63. The molecule has 1 N–H and O–H groups in total. The van der Waals surface area contributed by atoms with Gasteiger partial charge in [0.25, 0.3) is 0 Å². The van der Waals surface area contributed by atoms with Gasteiger partial charge in [-0.3, -0.25) is 0 Å². The first-order chi connectivity index (χ1) is 5.95. The van der Waals surface area contributed by atoms with Crippen molar-refractivity contribution in [2.45, 2.75) is 52.2 Å². The first-order valence-corrected chi connectivity index (χ1v) is 5.16. The summed E-state index contributed by atoms with van der Waals surface area (Å²) in [5.74, 6) is 0.681. The molecule has 0 aliphatic heterocycles. The molecule has 0 aromatic rings. The van der Waals surface area contributed by atoms with Crippen molar-refractivity contribution in [1.29, 1.82) is 0 Å². The fourth-order valence-electron chi connectivity index (χ4n) is 2.15. The van der Waals surface area contributed by atoms with Gasteiger partial charge in [0.05, 0.1) is 12.2 Å². The van der Waals surface area contributed by atoms with E-state index in [4.69, 9.17) is 4.74 Å². The molecule has 0 aromatic heterocycles. The summed E-state index contributed by atoms with van der Waals surface area (Å²) in [5.41, 5.74) is 0.344. The Hall–Kier alpha value is -0.0800. The van der Waals surface area contributed by atoms with Crippen molar-refractivity contribution in [3.63, 3.8) is 0 Å². The van der Waals surface area contributed by atoms with Crippen molar-refractivity contribution >= 4 is 0 Å². The summed E-state index contributed by atoms with van der Waals surface area (Å²) in [6.07, 6.45) is 2.83. The van der Waals surface area contributed by atoms with Gasteiger partial charge in [-0.05, 0) is 30.6 Å². The normalized spacial score (nSPS) is 36.2. The molecule has 0 spiro atoms. The Morgan fingerprint density at radius 1 is 1.23 bits per heavy atom. The van der Waals surface area contributed by atoms with E-state index in [0.717, 1.165) is 19.3 Å². The topological polar surface area (TPSA) is 29.5 Å². The molecule has 0 aromatic carbocycles. The smallest absolute Gasteiger partial charge is 0.0833 e. The van der Waals surface area contributed by atoms with E-state index in [9.17, 15) is 5.11 Å². The van der Waals surface area contributed by atoms with E-state index >= 15 is 0 Å². The molecule has 1 aliphatic carbocycles. The number of rotatable bonds is 1. The molecule has 1 rings (SSSR count). The van der Waals surface area contributed by atoms with Gasteiger partial charge in [-0.25, -0.2) is 0 Å². The molecule has 0 bridgehead atoms. The lowest BCUT2D eigenvalue weighted by Gasteiger charge is -2.39. The Morgan fingerprint density at radius 2 is 1.85 bits per heavy atom. The van der Waals surface area contributed by atoms with Crippen molar-refractivity contribution < 1.29 is 9.84 Å². The minimum Gasteiger partial charge on any atom is -0.390 e. The van der Waals surface area contributed by atoms with Gasteiger partial charge in [0.15, 0.2) is 0 Å². The third kappa shape index (κ3) is 2.68. The molecule has 3 unspecified atom stereocenters. The fourth-order valence-corrected chi connectivity index (χ4v) is 2.15. The van der Waals surface area contributed by atoms with Gasteiger partial charge in [-0.2, -0.15) is 0 Å². The molecule has 0 saturated heterocycles. The van der Waals surface area contributed by atoms with Gasteiger partial charge in [-0.1, -0.05) is 20.8 Å². The monoisotopic (exact) mass is 186 g/mol. The van der Waals surface area contributed by atoms with E-state index in [0.29, 0.717) is 11.3 Å². The van der Waals surface area contributed by atoms with Crippen molar-refractivity contribution in [2.24, 2.45) is 11.3 Å². The third-order valence-corrected chi connectivity index (χ3v) is 3.28. The maximum atomic E-state index is 9.63. The van der Waals surface area contributed by atoms with E-state index in [1.165, 1.54) is 0 Å². The third-order valence-electron chi connectivity index (χ3n) is 3.28. The summed E-state index contributed by atoms with van der Waals surface area (Å²) in [4.78, 5) is 0. The van der Waals surface area contributed by atoms with Crippen LogP contribution < -0.4 is 0 Å². The standard InChI is InChI=1S/C11H22O2/c1-11(2,3)8-5-6-9(12)10(7-8)13-4/h8-10,12H,5-7H2,1-4H3. The lowest BCUT2D eigenvalue weighted by molar-refractivity contribution is -0.0651. The Labute approximate surface area is 81.3 Å². The zero-order valence-electron chi connectivity index (χ0n) is 9.21. The van der Waals surface area contributed by atoms with Crippen LogP contribution in [0.15, 0.2) is 0 Å². The molecule has 0 radical (unpaired) electrons. The van der Waals surface area contributed by atoms with Crippen LogP contribution in [0.2, 0.25) is 0 Å². The van der Waals surface area contributed by atoms with Crippen LogP contribution >= 0.6 is 0 Å². The molecule has 0 amide bonds. The van der Waals surface area contributed by atoms with Crippen molar-refractivity contribution in [3.8, 4) is 0 Å². The van der Waals surface area contributed by atoms with E-state index in [1.54, 1.807) is 7.11 Å². The Balaban J connectivity index is 2.55. The number of methoxy groups -OCH3 is 1. The first-order valence-electron chi connectivity index (χ1n) is 5.16. The van der Waals surface area contributed by atoms with Crippen molar-refractivity contribution in [2.75, 3.05) is 7.11 Å². The van der Waals surface area contributed by atoms with E-state index in [-0.39, 0.29) is 12.2 Å². The summed E-state index contributed by atoms with van der Waals surface area (Å²) in [7, 11) is 1.69. The van der Waals surface area contributed by atoms with Crippen molar-refractivity contribution in [3.05, 3.63) is 0 Å². The molecule has 1 saturated carbocycles. The van der Waals surface area contributed by atoms with Gasteiger partial charge in [0, 0.05) is 7.11 Å². The Morgan fingerprint density at radius 3 is 2.31 bits per heavy atom. The highest BCUT2D eigenvalue weighted by molar-refractivity contribution is 4.85. The van der Waals surface area contributed by atoms with E-state index in [2.05, 4.69) is 20.8 Å². The maximum Gasteiger partial charge on any atom is 0.0833 e. The molecular formula is C11H22O2. The molecule has 2 heteroatoms. The number of hydrogen-bond acceptors (Lipinski definition) is 2. The van der Waals surface area contributed by atoms with Gasteiger partial charge >= 0.3 is 0 Å². The molecule has 1 aliphatic rings. The van der Waals surface area contributed by atoms with Gasteiger partial charge in [-0.15, -0.1) is 0 Å². The average Bonchev–Trinajstić information content (AvgIpc) is 2.03. The highest BCUT2D eigenvalue weighted by Gasteiger charge is 2.34. The van der Waals surface area contributed by atoms with Crippen LogP contribution in [0, 0.1) is 11.3 Å². The van der Waals surface area contributed by atoms with E-state index < -0.39 is 0 Å². The lowest BCUT2D eigenvalue weighted by atomic mass is 9.71. The van der Waals surface area contributed by atoms with Crippen LogP contribution in [0.5, 0.6) is 0 Å². The van der Waals surface area contributed by atoms with Crippen LogP contribution in [-0.2, 0) is 4.74 Å². The first kappa shape index (κ1) is 11.0. The number of ether oxygens (including phenoxy) is 1. The second-order valence-electron chi connectivity index (χ2n) is 5.22. The summed E-state index contributed by atoms with van der Waals surface area (Å²) in [6.45, 7) is 6.80. The van der Waals surface area contributed by atoms with Gasteiger partial charge < -0.3 is 9.84 Å². The summed E-state index contributed by atoms with van der Waals surface area (Å²) in [5, 5.41) is 9.63. The predicted molar refractivity (Wildman–Crippen MR) is 53.6 cm³/mol. The molecule has 3 atom stereocenters. The molecule has 78 valence electrons. The van der Waals surface area contributed by atoms with Crippen LogP contribution in [0.1, 0.15) is 40.0 Å². The second kappa shape index (κ2) is 3.97. The quantitative estimate of drug-likeness (QED) is 0.680. The fraction of sp³-hybridized carbons (Fsp3) is 1.00. The van der Waals surface area contributed by atoms with Crippen molar-refractivity contribution in [1.82, 2.24) is 0 Å². The van der Waals surface area contributed by atoms with Gasteiger partial charge in [0.1, 0.15) is 0 Å². The number of hydrogen-bond donors (Lipinski definition) is 1. The Bertz CT molecular complexity index is 160. The average molecular weight is 186 g/mol. The predicted octanol–water partition coefficient (Wildman–Crippen LogP) is 2.21. The highest BCUT2D eigenvalue weighted by atomic mass is 16.5. The molecular weight excluding hydrogens is 164 g/mol. The minimum absolute atomic E-state index is 0.0537. The summed E-state index contributed by atoms with van der Waals surface area (Å²) < 4.78 is 5.28. The molecule has 13 heavy (non-hydrogen) atoms. The van der Waals surface area contributed by atoms with Crippen LogP contribution in [0.4, 0.5) is 0 Å². The highest BCUT2D eigenvalue weighted by Crippen LogP contribution is 2.38. The summed E-state index contributed by atoms with van der Waals surface area (Å²) >= 11 is 0. The second-order valence-corrected chi connectivity index (χ2v) is 5.22. The Kier molecular flexibility index (Phi) is 3.36. The minimum atomic E-state index is -0.247. The lowest BCUT2D eigenvalue weighted by Crippen LogP contribution is -2.39. The SMILES string of the molecule is COC1CC(C(C)(C)C)CCC1O. The van der Waals surface area contributed by atoms with Crippen LogP contribution in [0.3, 0.4) is 0 Å². The molecule has 1 fully saturated rings. The summed E-state index contributed by atoms with van der Waals surface area (Å²) in [6, 6.07) is 0. The largest absolute Gasteiger partial charge is 0.390 e. The van der Waals surface area contributed by atoms with Crippen LogP contribution in [-0.4, -0.2) is 24.4 Å². The zero-order chi connectivity index (χ0) is 10.1. The zero-order valence-corrected chi connectivity index (χ0v) is 9.21. The van der Waals surface area contributed by atoms with Gasteiger partial charge in [0.2, 0.25) is 0 Å². The molecule has 0 heterocycles. The number of aliphatic hydroxyl groups is 1. The number of aliphatic hydroxyl groups excluding tert-OH is 1. The van der Waals surface area contributed by atoms with E-state index in [1.807, 2.05) is 0 Å². The van der Waals surface area contributed by atoms with Crippen LogP contribution in [0.25, 0.3) is 0 Å².